The van der Waals surface area contributed by atoms with Crippen LogP contribution in [0.2, 0.25) is 5.02 Å². The maximum Gasteiger partial charge on any atom is 0.169 e. The molecule has 1 aromatic carbocycles. The van der Waals surface area contributed by atoms with Crippen LogP contribution in [0.4, 0.5) is 21.5 Å². The number of halogens is 2. The third kappa shape index (κ3) is 3.14. The average molecular weight is 262 g/mol. The normalized spacial score (nSPS) is 12.8. The molecular formula is C11H17ClFN3O. The van der Waals surface area contributed by atoms with E-state index in [0.29, 0.717) is 0 Å². The van der Waals surface area contributed by atoms with Crippen LogP contribution in [0.1, 0.15) is 13.8 Å². The van der Waals surface area contributed by atoms with Gasteiger partial charge in [0.2, 0.25) is 0 Å². The summed E-state index contributed by atoms with van der Waals surface area (Å²) in [7, 11) is 0. The number of aliphatic hydroxyl groups excluding tert-OH is 1. The lowest BCUT2D eigenvalue weighted by Gasteiger charge is -2.18. The third-order valence-corrected chi connectivity index (χ3v) is 2.91. The van der Waals surface area contributed by atoms with Gasteiger partial charge in [0.05, 0.1) is 23.2 Å². The highest BCUT2D eigenvalue weighted by Gasteiger charge is 2.16. The highest BCUT2D eigenvalue weighted by Crippen LogP contribution is 2.33. The minimum absolute atomic E-state index is 0.0658. The van der Waals surface area contributed by atoms with Gasteiger partial charge in [0.1, 0.15) is 5.02 Å². The predicted molar refractivity (Wildman–Crippen MR) is 69.6 cm³/mol. The molecular weight excluding hydrogens is 245 g/mol. The maximum atomic E-state index is 13.7. The van der Waals surface area contributed by atoms with Gasteiger partial charge in [0.15, 0.2) is 5.82 Å². The van der Waals surface area contributed by atoms with Crippen molar-refractivity contribution in [1.82, 2.24) is 0 Å². The van der Waals surface area contributed by atoms with Gasteiger partial charge in [-0.3, -0.25) is 0 Å². The molecule has 0 spiro atoms. The molecule has 0 radical (unpaired) electrons. The fourth-order valence-corrected chi connectivity index (χ4v) is 1.44. The first-order chi connectivity index (χ1) is 7.84. The monoisotopic (exact) mass is 261 g/mol. The molecule has 0 aliphatic rings. The van der Waals surface area contributed by atoms with E-state index >= 15 is 0 Å². The van der Waals surface area contributed by atoms with E-state index in [0.717, 1.165) is 0 Å². The Morgan fingerprint density at radius 3 is 2.53 bits per heavy atom. The Morgan fingerprint density at radius 1 is 1.41 bits per heavy atom. The van der Waals surface area contributed by atoms with Crippen LogP contribution < -0.4 is 16.8 Å². The van der Waals surface area contributed by atoms with E-state index in [1.807, 2.05) is 13.8 Å². The first kappa shape index (κ1) is 13.9. The van der Waals surface area contributed by atoms with Crippen molar-refractivity contribution in [2.45, 2.75) is 20.0 Å². The largest absolute Gasteiger partial charge is 0.397 e. The Hall–Kier alpha value is -1.20. The molecule has 96 valence electrons. The third-order valence-electron chi connectivity index (χ3n) is 2.52. The molecule has 1 aromatic rings. The van der Waals surface area contributed by atoms with E-state index in [4.69, 9.17) is 23.1 Å². The Balaban J connectivity index is 2.88. The number of hydrogen-bond donors (Lipinski definition) is 4. The van der Waals surface area contributed by atoms with Crippen molar-refractivity contribution in [2.75, 3.05) is 23.3 Å². The Labute approximate surface area is 105 Å². The van der Waals surface area contributed by atoms with E-state index in [-0.39, 0.29) is 34.5 Å². The molecule has 1 atom stereocenters. The van der Waals surface area contributed by atoms with Crippen LogP contribution in [-0.2, 0) is 0 Å². The van der Waals surface area contributed by atoms with Crippen molar-refractivity contribution in [1.29, 1.82) is 0 Å². The second-order valence-corrected chi connectivity index (χ2v) is 4.63. The molecule has 1 unspecified atom stereocenters. The number of benzene rings is 1. The van der Waals surface area contributed by atoms with E-state index in [2.05, 4.69) is 5.32 Å². The van der Waals surface area contributed by atoms with Crippen LogP contribution in [0.15, 0.2) is 6.07 Å². The molecule has 0 aliphatic heterocycles. The molecule has 0 fully saturated rings. The first-order valence-corrected chi connectivity index (χ1v) is 5.67. The molecule has 1 rings (SSSR count). The van der Waals surface area contributed by atoms with E-state index in [1.165, 1.54) is 6.07 Å². The zero-order valence-corrected chi connectivity index (χ0v) is 10.6. The van der Waals surface area contributed by atoms with Crippen molar-refractivity contribution >= 4 is 28.7 Å². The molecule has 0 amide bonds. The minimum Gasteiger partial charge on any atom is -0.397 e. The Kier molecular flexibility index (Phi) is 4.42. The van der Waals surface area contributed by atoms with Gasteiger partial charge < -0.3 is 21.9 Å². The Morgan fingerprint density at radius 2 is 2.00 bits per heavy atom. The predicted octanol–water partition coefficient (Wildman–Crippen LogP) is 2.07. The summed E-state index contributed by atoms with van der Waals surface area (Å²) in [6.07, 6.45) is -0.592. The van der Waals surface area contributed by atoms with Crippen LogP contribution in [0.25, 0.3) is 0 Å². The summed E-state index contributed by atoms with van der Waals surface area (Å²) in [6.45, 7) is 3.92. The van der Waals surface area contributed by atoms with Gasteiger partial charge in [-0.25, -0.2) is 4.39 Å². The summed E-state index contributed by atoms with van der Waals surface area (Å²) >= 11 is 5.67. The molecule has 0 saturated heterocycles. The van der Waals surface area contributed by atoms with Gasteiger partial charge in [-0.05, 0) is 12.0 Å². The molecule has 6 heteroatoms. The first-order valence-electron chi connectivity index (χ1n) is 5.29. The zero-order chi connectivity index (χ0) is 13.2. The lowest BCUT2D eigenvalue weighted by atomic mass is 10.1. The summed E-state index contributed by atoms with van der Waals surface area (Å²) in [5, 5.41) is 12.2. The van der Waals surface area contributed by atoms with Crippen LogP contribution in [-0.4, -0.2) is 17.8 Å². The summed E-state index contributed by atoms with van der Waals surface area (Å²) < 4.78 is 13.7. The van der Waals surface area contributed by atoms with Crippen molar-refractivity contribution in [3.05, 3.63) is 16.9 Å². The second-order valence-electron chi connectivity index (χ2n) is 4.25. The summed E-state index contributed by atoms with van der Waals surface area (Å²) in [5.74, 6) is -0.629. The molecule has 17 heavy (non-hydrogen) atoms. The van der Waals surface area contributed by atoms with Gasteiger partial charge in [0.25, 0.3) is 0 Å². The molecule has 6 N–H and O–H groups in total. The van der Waals surface area contributed by atoms with Crippen molar-refractivity contribution in [2.24, 2.45) is 5.92 Å². The molecule has 0 bridgehead atoms. The topological polar surface area (TPSA) is 84.3 Å². The van der Waals surface area contributed by atoms with Crippen LogP contribution >= 0.6 is 11.6 Å². The zero-order valence-electron chi connectivity index (χ0n) is 9.80. The lowest BCUT2D eigenvalue weighted by molar-refractivity contribution is 0.138. The van der Waals surface area contributed by atoms with Crippen LogP contribution in [0, 0.1) is 11.7 Å². The van der Waals surface area contributed by atoms with Crippen molar-refractivity contribution in [3.63, 3.8) is 0 Å². The highest BCUT2D eigenvalue weighted by molar-refractivity contribution is 6.33. The van der Waals surface area contributed by atoms with E-state index < -0.39 is 11.9 Å². The van der Waals surface area contributed by atoms with E-state index in [1.54, 1.807) is 0 Å². The van der Waals surface area contributed by atoms with Crippen molar-refractivity contribution < 1.29 is 9.50 Å². The molecule has 4 nitrogen and oxygen atoms in total. The number of rotatable bonds is 4. The number of aliphatic hydroxyl groups is 1. The number of anilines is 3. The molecule has 0 saturated carbocycles. The van der Waals surface area contributed by atoms with Gasteiger partial charge in [-0.1, -0.05) is 25.4 Å². The molecule has 0 heterocycles. The molecule has 0 aliphatic carbocycles. The summed E-state index contributed by atoms with van der Waals surface area (Å²) in [6, 6.07) is 1.38. The highest BCUT2D eigenvalue weighted by atomic mass is 35.5. The SMILES string of the molecule is CC(C)C(O)CNc1c(N)cc(N)c(Cl)c1F. The second kappa shape index (κ2) is 5.42. The fraction of sp³-hybridized carbons (Fsp3) is 0.455. The smallest absolute Gasteiger partial charge is 0.169 e. The summed E-state index contributed by atoms with van der Waals surface area (Å²) in [4.78, 5) is 0. The van der Waals surface area contributed by atoms with Crippen molar-refractivity contribution in [3.8, 4) is 0 Å². The van der Waals surface area contributed by atoms with Crippen LogP contribution in [0.5, 0.6) is 0 Å². The van der Waals surface area contributed by atoms with E-state index in [9.17, 15) is 9.50 Å². The number of nitrogens with two attached hydrogens (primary N) is 2. The van der Waals surface area contributed by atoms with Gasteiger partial charge >= 0.3 is 0 Å². The number of nitrogens with one attached hydrogen (secondary N) is 1. The fourth-order valence-electron chi connectivity index (χ4n) is 1.29. The lowest BCUT2D eigenvalue weighted by Crippen LogP contribution is -2.25. The van der Waals surface area contributed by atoms with Gasteiger partial charge in [-0.15, -0.1) is 0 Å². The summed E-state index contributed by atoms with van der Waals surface area (Å²) in [5.41, 5.74) is 11.4. The van der Waals surface area contributed by atoms with Gasteiger partial charge in [-0.2, -0.15) is 0 Å². The quantitative estimate of drug-likeness (QED) is 0.625. The van der Waals surface area contributed by atoms with Gasteiger partial charge in [0, 0.05) is 6.54 Å². The minimum atomic E-state index is -0.694. The molecule has 0 aromatic heterocycles. The Bertz CT molecular complexity index is 412. The van der Waals surface area contributed by atoms with Crippen LogP contribution in [0.3, 0.4) is 0 Å². The standard InChI is InChI=1S/C11H17ClFN3O/c1-5(2)8(17)4-16-11-7(15)3-6(14)9(12)10(11)13/h3,5,8,16-17H,4,14-15H2,1-2H3. The number of hydrogen-bond acceptors (Lipinski definition) is 4. The number of nitrogen functional groups attached to an aromatic ring is 2. The average Bonchev–Trinajstić information content (AvgIpc) is 2.25. The maximum absolute atomic E-state index is 13.7.